The van der Waals surface area contributed by atoms with Crippen molar-refractivity contribution in [1.82, 2.24) is 4.90 Å². The highest BCUT2D eigenvalue weighted by molar-refractivity contribution is 7.10. The first-order valence-corrected chi connectivity index (χ1v) is 7.60. The maximum Gasteiger partial charge on any atom is 0.254 e. The van der Waals surface area contributed by atoms with E-state index < -0.39 is 0 Å². The van der Waals surface area contributed by atoms with E-state index in [2.05, 4.69) is 11.8 Å². The summed E-state index contributed by atoms with van der Waals surface area (Å²) in [6, 6.07) is 1.78. The Morgan fingerprint density at radius 3 is 3.20 bits per heavy atom. The summed E-state index contributed by atoms with van der Waals surface area (Å²) in [4.78, 5) is 14.9. The van der Waals surface area contributed by atoms with Crippen molar-refractivity contribution in [2.24, 2.45) is 5.92 Å². The van der Waals surface area contributed by atoms with Crippen molar-refractivity contribution in [1.29, 1.82) is 0 Å². The Bertz CT molecular complexity index is 509. The second-order valence-electron chi connectivity index (χ2n) is 4.93. The van der Waals surface area contributed by atoms with Gasteiger partial charge >= 0.3 is 0 Å². The van der Waals surface area contributed by atoms with Crippen molar-refractivity contribution >= 4 is 17.2 Å². The van der Waals surface area contributed by atoms with E-state index in [-0.39, 0.29) is 12.5 Å². The quantitative estimate of drug-likeness (QED) is 0.861. The van der Waals surface area contributed by atoms with Crippen molar-refractivity contribution in [3.63, 3.8) is 0 Å². The Kier molecular flexibility index (Phi) is 5.60. The van der Waals surface area contributed by atoms with Gasteiger partial charge in [-0.05, 0) is 24.8 Å². The molecular weight excluding hydrogens is 274 g/mol. The van der Waals surface area contributed by atoms with E-state index in [1.54, 1.807) is 11.0 Å². The lowest BCUT2D eigenvalue weighted by Crippen LogP contribution is -2.34. The monoisotopic (exact) mass is 293 g/mol. The van der Waals surface area contributed by atoms with Crippen LogP contribution >= 0.6 is 11.3 Å². The first-order chi connectivity index (χ1) is 9.70. The number of hydrogen-bond donors (Lipinski definition) is 1. The molecular formula is C15H19NO3S. The van der Waals surface area contributed by atoms with Gasteiger partial charge < -0.3 is 14.7 Å². The number of aliphatic hydroxyl groups excluding tert-OH is 1. The van der Waals surface area contributed by atoms with Crippen LogP contribution in [0.4, 0.5) is 0 Å². The van der Waals surface area contributed by atoms with Gasteiger partial charge in [-0.25, -0.2) is 0 Å². The van der Waals surface area contributed by atoms with E-state index in [1.165, 1.54) is 11.3 Å². The van der Waals surface area contributed by atoms with Gasteiger partial charge in [0, 0.05) is 25.6 Å². The van der Waals surface area contributed by atoms with E-state index in [1.807, 2.05) is 12.4 Å². The number of nitrogens with zero attached hydrogens (tertiary/aromatic N) is 1. The first kappa shape index (κ1) is 15.0. The smallest absolute Gasteiger partial charge is 0.254 e. The fourth-order valence-corrected chi connectivity index (χ4v) is 3.03. The molecule has 108 valence electrons. The van der Waals surface area contributed by atoms with Gasteiger partial charge in [0.25, 0.3) is 5.91 Å². The number of rotatable bonds is 3. The summed E-state index contributed by atoms with van der Waals surface area (Å²) in [5, 5.41) is 10.5. The van der Waals surface area contributed by atoms with E-state index in [0.29, 0.717) is 11.5 Å². The molecule has 1 atom stereocenters. The molecule has 1 aromatic heterocycles. The summed E-state index contributed by atoms with van der Waals surface area (Å²) in [7, 11) is 1.83. The molecule has 2 heterocycles. The molecule has 1 aromatic rings. The number of carbonyl (C=O) groups is 1. The van der Waals surface area contributed by atoms with Gasteiger partial charge in [-0.1, -0.05) is 11.8 Å². The predicted octanol–water partition coefficient (Wildman–Crippen LogP) is 1.59. The summed E-state index contributed by atoms with van der Waals surface area (Å²) in [5.74, 6) is 5.86. The van der Waals surface area contributed by atoms with Crippen LogP contribution in [0.3, 0.4) is 0 Å². The Morgan fingerprint density at radius 2 is 2.50 bits per heavy atom. The van der Waals surface area contributed by atoms with Crippen molar-refractivity contribution in [3.05, 3.63) is 21.9 Å². The van der Waals surface area contributed by atoms with Crippen molar-refractivity contribution in [3.8, 4) is 11.8 Å². The number of carbonyl (C=O) groups excluding carboxylic acids is 1. The fourth-order valence-electron chi connectivity index (χ4n) is 2.28. The highest BCUT2D eigenvalue weighted by atomic mass is 32.1. The van der Waals surface area contributed by atoms with Crippen LogP contribution in [-0.4, -0.2) is 49.3 Å². The number of aliphatic hydroxyl groups is 1. The summed E-state index contributed by atoms with van der Waals surface area (Å²) < 4.78 is 5.44. The Balaban J connectivity index is 1.93. The number of hydrogen-bond acceptors (Lipinski definition) is 4. The van der Waals surface area contributed by atoms with Crippen LogP contribution < -0.4 is 0 Å². The molecule has 1 aliphatic rings. The van der Waals surface area contributed by atoms with E-state index in [9.17, 15) is 4.79 Å². The van der Waals surface area contributed by atoms with Gasteiger partial charge in [0.15, 0.2) is 0 Å². The first-order valence-electron chi connectivity index (χ1n) is 6.72. The van der Waals surface area contributed by atoms with Crippen LogP contribution in [0.15, 0.2) is 11.4 Å². The van der Waals surface area contributed by atoms with E-state index in [4.69, 9.17) is 9.84 Å². The molecule has 2 rings (SSSR count). The molecule has 0 spiro atoms. The standard InChI is InChI=1S/C15H19NO3S/c1-16(9-12-4-3-7-19-10-12)15(18)13-8-14(20-11-13)5-2-6-17/h8,11-12,17H,3-4,6-7,9-10H2,1H3. The fraction of sp³-hybridized carbons (Fsp3) is 0.533. The average Bonchev–Trinajstić information content (AvgIpc) is 2.94. The van der Waals surface area contributed by atoms with E-state index in [0.717, 1.165) is 37.5 Å². The minimum absolute atomic E-state index is 0.0175. The third-order valence-electron chi connectivity index (χ3n) is 3.27. The summed E-state index contributed by atoms with van der Waals surface area (Å²) >= 11 is 1.42. The molecule has 1 N–H and O–H groups in total. The number of amides is 1. The molecule has 5 heteroatoms. The topological polar surface area (TPSA) is 49.8 Å². The third-order valence-corrected chi connectivity index (χ3v) is 4.12. The minimum atomic E-state index is -0.164. The number of ether oxygens (including phenoxy) is 1. The lowest BCUT2D eigenvalue weighted by atomic mass is 10.0. The van der Waals surface area contributed by atoms with Crippen LogP contribution in [-0.2, 0) is 4.74 Å². The molecule has 4 nitrogen and oxygen atoms in total. The second kappa shape index (κ2) is 7.44. The zero-order valence-electron chi connectivity index (χ0n) is 11.6. The van der Waals surface area contributed by atoms with Gasteiger partial charge in [-0.3, -0.25) is 4.79 Å². The molecule has 1 fully saturated rings. The zero-order valence-corrected chi connectivity index (χ0v) is 12.4. The molecule has 1 aliphatic heterocycles. The molecule has 0 radical (unpaired) electrons. The minimum Gasteiger partial charge on any atom is -0.384 e. The van der Waals surface area contributed by atoms with Crippen LogP contribution in [0.2, 0.25) is 0 Å². The van der Waals surface area contributed by atoms with Crippen molar-refractivity contribution < 1.29 is 14.6 Å². The Labute approximate surface area is 123 Å². The Morgan fingerprint density at radius 1 is 1.65 bits per heavy atom. The maximum absolute atomic E-state index is 12.3. The molecule has 0 aromatic carbocycles. The summed E-state index contributed by atoms with van der Waals surface area (Å²) in [6.45, 7) is 2.15. The second-order valence-corrected chi connectivity index (χ2v) is 5.84. The molecule has 0 saturated carbocycles. The maximum atomic E-state index is 12.3. The van der Waals surface area contributed by atoms with Crippen LogP contribution in [0.5, 0.6) is 0 Å². The summed E-state index contributed by atoms with van der Waals surface area (Å²) in [5.41, 5.74) is 0.663. The lowest BCUT2D eigenvalue weighted by molar-refractivity contribution is 0.0388. The Hall–Kier alpha value is -1.35. The SMILES string of the molecule is CN(CC1CCCOC1)C(=O)c1csc(C#CCO)c1. The van der Waals surface area contributed by atoms with Gasteiger partial charge in [0.05, 0.1) is 17.0 Å². The zero-order chi connectivity index (χ0) is 14.4. The molecule has 20 heavy (non-hydrogen) atoms. The molecule has 1 saturated heterocycles. The van der Waals surface area contributed by atoms with Gasteiger partial charge in [0.2, 0.25) is 0 Å². The number of thiophene rings is 1. The van der Waals surface area contributed by atoms with Crippen molar-refractivity contribution in [2.45, 2.75) is 12.8 Å². The normalized spacial score (nSPS) is 18.2. The largest absolute Gasteiger partial charge is 0.384 e. The third kappa shape index (κ3) is 4.07. The highest BCUT2D eigenvalue weighted by Gasteiger charge is 2.20. The summed E-state index contributed by atoms with van der Waals surface area (Å²) in [6.07, 6.45) is 2.19. The molecule has 0 bridgehead atoms. The molecule has 0 aliphatic carbocycles. The van der Waals surface area contributed by atoms with Gasteiger partial charge in [0.1, 0.15) is 6.61 Å². The van der Waals surface area contributed by atoms with Crippen LogP contribution in [0, 0.1) is 17.8 Å². The average molecular weight is 293 g/mol. The highest BCUT2D eigenvalue weighted by Crippen LogP contribution is 2.18. The predicted molar refractivity (Wildman–Crippen MR) is 78.8 cm³/mol. The van der Waals surface area contributed by atoms with Crippen LogP contribution in [0.25, 0.3) is 0 Å². The molecule has 1 unspecified atom stereocenters. The van der Waals surface area contributed by atoms with Crippen LogP contribution in [0.1, 0.15) is 28.1 Å². The van der Waals surface area contributed by atoms with Gasteiger partial charge in [-0.2, -0.15) is 0 Å². The van der Waals surface area contributed by atoms with Crippen molar-refractivity contribution in [2.75, 3.05) is 33.4 Å². The molecule has 1 amide bonds. The van der Waals surface area contributed by atoms with Gasteiger partial charge in [-0.15, -0.1) is 11.3 Å². The van der Waals surface area contributed by atoms with E-state index >= 15 is 0 Å². The lowest BCUT2D eigenvalue weighted by Gasteiger charge is -2.26.